The first-order chi connectivity index (χ1) is 15.2. The molecule has 2 amide bonds. The number of piperazine rings is 1. The van der Waals surface area contributed by atoms with Crippen LogP contribution in [0, 0.1) is 0 Å². The summed E-state index contributed by atoms with van der Waals surface area (Å²) in [6, 6.07) is 18.4. The maximum atomic E-state index is 13.3. The number of H-pyrrole nitrogens is 1. The molecule has 156 valence electrons. The van der Waals surface area contributed by atoms with Gasteiger partial charge in [0.05, 0.1) is 19.3 Å². The van der Waals surface area contributed by atoms with Gasteiger partial charge in [0.1, 0.15) is 18.8 Å². The Hall–Kier alpha value is -4.00. The Morgan fingerprint density at radius 3 is 2.39 bits per heavy atom. The number of hydrogen-bond acceptors (Lipinski definition) is 4. The van der Waals surface area contributed by atoms with Crippen LogP contribution < -0.4 is 15.2 Å². The Morgan fingerprint density at radius 1 is 0.935 bits per heavy atom. The number of carbonyl (C=O) groups is 2. The second-order valence-electron chi connectivity index (χ2n) is 7.19. The number of nitrogens with one attached hydrogen (secondary N) is 2. The van der Waals surface area contributed by atoms with Gasteiger partial charge in [0.15, 0.2) is 0 Å². The molecule has 1 aliphatic heterocycles. The minimum Gasteiger partial charge on any atom is -0.330 e. The third kappa shape index (κ3) is 5.14. The molecule has 0 aliphatic carbocycles. The van der Waals surface area contributed by atoms with Gasteiger partial charge in [-0.05, 0) is 35.9 Å². The molecule has 7 heteroatoms. The van der Waals surface area contributed by atoms with Crippen molar-refractivity contribution in [3.05, 3.63) is 96.1 Å². The molecule has 0 atom stereocenters. The zero-order valence-electron chi connectivity index (χ0n) is 17.1. The maximum Gasteiger partial charge on any atom is 0.274 e. The monoisotopic (exact) mass is 414 g/mol. The van der Waals surface area contributed by atoms with Crippen molar-refractivity contribution in [1.29, 1.82) is 0 Å². The molecule has 7 nitrogen and oxygen atoms in total. The zero-order chi connectivity index (χ0) is 21.5. The second kappa shape index (κ2) is 9.67. The Kier molecular flexibility index (Phi) is 6.32. The average molecular weight is 414 g/mol. The summed E-state index contributed by atoms with van der Waals surface area (Å²) in [5.41, 5.74) is 1.48. The first-order valence-corrected chi connectivity index (χ1v) is 10.2. The van der Waals surface area contributed by atoms with Gasteiger partial charge >= 0.3 is 0 Å². The van der Waals surface area contributed by atoms with Crippen molar-refractivity contribution in [2.45, 2.75) is 0 Å². The number of anilines is 1. The van der Waals surface area contributed by atoms with Gasteiger partial charge in [-0.15, -0.1) is 0 Å². The molecule has 3 heterocycles. The summed E-state index contributed by atoms with van der Waals surface area (Å²) in [7, 11) is 0. The van der Waals surface area contributed by atoms with Crippen molar-refractivity contribution < 1.29 is 14.6 Å². The van der Waals surface area contributed by atoms with Gasteiger partial charge in [-0.3, -0.25) is 19.5 Å². The van der Waals surface area contributed by atoms with Crippen molar-refractivity contribution in [2.24, 2.45) is 0 Å². The normalized spacial score (nSPS) is 14.3. The predicted molar refractivity (Wildman–Crippen MR) is 118 cm³/mol. The van der Waals surface area contributed by atoms with Crippen molar-refractivity contribution >= 4 is 23.7 Å². The number of amides is 2. The van der Waals surface area contributed by atoms with E-state index in [2.05, 4.69) is 20.2 Å². The van der Waals surface area contributed by atoms with Crippen LogP contribution in [0.15, 0.2) is 85.0 Å². The Balaban J connectivity index is 1.50. The van der Waals surface area contributed by atoms with E-state index in [4.69, 9.17) is 0 Å². The van der Waals surface area contributed by atoms with Gasteiger partial charge in [0.2, 0.25) is 0 Å². The molecule has 2 aromatic heterocycles. The summed E-state index contributed by atoms with van der Waals surface area (Å²) in [5.74, 6) is 0.504. The van der Waals surface area contributed by atoms with E-state index in [1.54, 1.807) is 53.7 Å². The molecule has 31 heavy (non-hydrogen) atoms. The third-order valence-electron chi connectivity index (χ3n) is 5.11. The number of carbonyl (C=O) groups excluding carboxylic acids is 2. The molecule has 0 radical (unpaired) electrons. The lowest BCUT2D eigenvalue weighted by Crippen LogP contribution is -2.51. The molecule has 1 saturated heterocycles. The van der Waals surface area contributed by atoms with Gasteiger partial charge in [-0.2, -0.15) is 0 Å². The Bertz CT molecular complexity index is 1050. The lowest BCUT2D eigenvalue weighted by Gasteiger charge is -2.31. The summed E-state index contributed by atoms with van der Waals surface area (Å²) >= 11 is 0. The summed E-state index contributed by atoms with van der Waals surface area (Å²) in [4.78, 5) is 37.3. The van der Waals surface area contributed by atoms with Crippen LogP contribution >= 0.6 is 0 Å². The van der Waals surface area contributed by atoms with Crippen molar-refractivity contribution in [3.8, 4) is 0 Å². The van der Waals surface area contributed by atoms with Crippen molar-refractivity contribution in [3.63, 3.8) is 0 Å². The van der Waals surface area contributed by atoms with E-state index in [1.807, 2.05) is 36.5 Å². The van der Waals surface area contributed by atoms with Gasteiger partial charge in [-0.1, -0.05) is 30.3 Å². The van der Waals surface area contributed by atoms with Gasteiger partial charge in [0.25, 0.3) is 17.6 Å². The molecule has 2 N–H and O–H groups in total. The number of aromatic nitrogens is 2. The molecular weight excluding hydrogens is 390 g/mol. The summed E-state index contributed by atoms with van der Waals surface area (Å²) in [6.07, 6.45) is 6.89. The highest BCUT2D eigenvalue weighted by Gasteiger charge is 2.28. The molecule has 1 aliphatic rings. The van der Waals surface area contributed by atoms with Crippen LogP contribution in [0.3, 0.4) is 0 Å². The second-order valence-corrected chi connectivity index (χ2v) is 7.19. The highest BCUT2D eigenvalue weighted by molar-refractivity contribution is 6.05. The predicted octanol–water partition coefficient (Wildman–Crippen LogP) is 2.02. The van der Waals surface area contributed by atoms with Crippen molar-refractivity contribution in [1.82, 2.24) is 15.2 Å². The quantitative estimate of drug-likeness (QED) is 0.648. The molecular formula is C24H24N5O2+. The van der Waals surface area contributed by atoms with E-state index in [1.165, 1.54) is 0 Å². The lowest BCUT2D eigenvalue weighted by molar-refractivity contribution is -0.364. The largest absolute Gasteiger partial charge is 0.330 e. The number of pyridine rings is 2. The minimum atomic E-state index is -0.318. The van der Waals surface area contributed by atoms with Gasteiger partial charge < -0.3 is 10.2 Å². The summed E-state index contributed by atoms with van der Waals surface area (Å²) in [6.45, 7) is 2.54. The fourth-order valence-corrected chi connectivity index (χ4v) is 3.46. The molecule has 1 aromatic carbocycles. The number of hydrogen-bond donors (Lipinski definition) is 1. The Morgan fingerprint density at radius 2 is 1.71 bits per heavy atom. The Labute approximate surface area is 181 Å². The SMILES string of the molecule is O=C(N/C(=C\c1cccnc1)C(=O)N1CCN(c2cccc[nH+]2)CC1)c1ccccc1. The lowest BCUT2D eigenvalue weighted by atomic mass is 10.1. The van der Waals surface area contributed by atoms with Gasteiger partial charge in [-0.25, -0.2) is 4.98 Å². The number of nitrogens with zero attached hydrogens (tertiary/aromatic N) is 3. The fourth-order valence-electron chi connectivity index (χ4n) is 3.46. The van der Waals surface area contributed by atoms with Crippen LogP contribution in [-0.2, 0) is 4.79 Å². The standard InChI is InChI=1S/C24H23N5O2/c30-23(20-8-2-1-3-9-20)27-21(17-19-7-6-11-25-18-19)24(31)29-15-13-28(14-16-29)22-10-4-5-12-26-22/h1-12,17-18H,13-16H2,(H,27,30)/p+1/b21-17-. The minimum absolute atomic E-state index is 0.204. The highest BCUT2D eigenvalue weighted by Crippen LogP contribution is 2.14. The number of rotatable bonds is 5. The topological polar surface area (TPSA) is 79.7 Å². The van der Waals surface area contributed by atoms with Crippen molar-refractivity contribution in [2.75, 3.05) is 31.1 Å². The van der Waals surface area contributed by atoms with Crippen LogP contribution in [0.5, 0.6) is 0 Å². The molecule has 0 unspecified atom stereocenters. The third-order valence-corrected chi connectivity index (χ3v) is 5.11. The number of benzene rings is 1. The van der Waals surface area contributed by atoms with E-state index in [0.29, 0.717) is 31.7 Å². The smallest absolute Gasteiger partial charge is 0.274 e. The van der Waals surface area contributed by atoms with Crippen LogP contribution in [0.2, 0.25) is 0 Å². The van der Waals surface area contributed by atoms with Crippen LogP contribution in [-0.4, -0.2) is 47.9 Å². The van der Waals surface area contributed by atoms with E-state index < -0.39 is 0 Å². The number of aromatic amines is 1. The molecule has 3 aromatic rings. The molecule has 0 spiro atoms. The van der Waals surface area contributed by atoms with Crippen LogP contribution in [0.25, 0.3) is 6.08 Å². The molecule has 1 fully saturated rings. The zero-order valence-corrected chi connectivity index (χ0v) is 17.1. The molecule has 4 rings (SSSR count). The molecule has 0 bridgehead atoms. The van der Waals surface area contributed by atoms with Crippen LogP contribution in [0.4, 0.5) is 5.82 Å². The maximum absolute atomic E-state index is 13.3. The van der Waals surface area contributed by atoms with E-state index in [0.717, 1.165) is 11.4 Å². The fraction of sp³-hybridized carbons (Fsp3) is 0.167. The van der Waals surface area contributed by atoms with Gasteiger partial charge in [0, 0.05) is 24.0 Å². The van der Waals surface area contributed by atoms with Crippen LogP contribution in [0.1, 0.15) is 15.9 Å². The van der Waals surface area contributed by atoms with E-state index in [-0.39, 0.29) is 17.5 Å². The van der Waals surface area contributed by atoms with E-state index in [9.17, 15) is 9.59 Å². The first-order valence-electron chi connectivity index (χ1n) is 10.2. The molecule has 0 saturated carbocycles. The highest BCUT2D eigenvalue weighted by atomic mass is 16.2. The van der Waals surface area contributed by atoms with E-state index >= 15 is 0 Å². The average Bonchev–Trinajstić information content (AvgIpc) is 2.85. The summed E-state index contributed by atoms with van der Waals surface area (Å²) in [5, 5.41) is 2.81. The summed E-state index contributed by atoms with van der Waals surface area (Å²) < 4.78 is 0. The first kappa shape index (κ1) is 20.3.